The van der Waals surface area contributed by atoms with E-state index >= 15 is 0 Å². The van der Waals surface area contributed by atoms with Crippen LogP contribution in [-0.4, -0.2) is 12.3 Å². The van der Waals surface area contributed by atoms with Gasteiger partial charge in [-0.2, -0.15) is 0 Å². The first-order valence-electron chi connectivity index (χ1n) is 8.09. The van der Waals surface area contributed by atoms with Crippen LogP contribution < -0.4 is 20.9 Å². The van der Waals surface area contributed by atoms with Crippen LogP contribution in [0.5, 0.6) is 0 Å². The lowest BCUT2D eigenvalue weighted by atomic mass is 9.98. The number of benzene rings is 2. The number of fused-ring (bicyclic) bond motifs is 2. The van der Waals surface area contributed by atoms with Gasteiger partial charge in [0.25, 0.3) is 0 Å². The minimum absolute atomic E-state index is 0.0364. The molecule has 1 unspecified atom stereocenters. The molecule has 3 aliphatic rings. The van der Waals surface area contributed by atoms with E-state index in [2.05, 4.69) is 39.1 Å². The van der Waals surface area contributed by atoms with E-state index in [4.69, 9.17) is 0 Å². The zero-order valence-corrected chi connectivity index (χ0v) is 13.0. The van der Waals surface area contributed by atoms with Gasteiger partial charge in [0.05, 0.1) is 11.4 Å². The number of anilines is 3. The van der Waals surface area contributed by atoms with Crippen LogP contribution in [0, 0.1) is 5.82 Å². The van der Waals surface area contributed by atoms with Crippen molar-refractivity contribution in [3.63, 3.8) is 0 Å². The summed E-state index contributed by atoms with van der Waals surface area (Å²) in [4.78, 5) is 2.26. The van der Waals surface area contributed by atoms with Crippen molar-refractivity contribution in [3.05, 3.63) is 77.8 Å². The predicted octanol–water partition coefficient (Wildman–Crippen LogP) is 3.38. The van der Waals surface area contributed by atoms with Crippen LogP contribution in [-0.2, 0) is 6.54 Å². The molecule has 0 aliphatic carbocycles. The van der Waals surface area contributed by atoms with Crippen molar-refractivity contribution in [2.45, 2.75) is 18.9 Å². The van der Waals surface area contributed by atoms with E-state index in [-0.39, 0.29) is 18.1 Å². The number of hydrogen-bond donors (Lipinski definition) is 3. The smallest absolute Gasteiger partial charge is 0.125 e. The first-order valence-corrected chi connectivity index (χ1v) is 8.09. The molecule has 0 amide bonds. The highest BCUT2D eigenvalue weighted by Crippen LogP contribution is 2.39. The molecule has 2 aromatic carbocycles. The molecule has 5 heteroatoms. The van der Waals surface area contributed by atoms with Crippen LogP contribution in [0.3, 0.4) is 0 Å². The molecule has 24 heavy (non-hydrogen) atoms. The largest absolute Gasteiger partial charge is 0.368 e. The maximum atomic E-state index is 13.3. The minimum Gasteiger partial charge on any atom is -0.368 e. The van der Waals surface area contributed by atoms with Gasteiger partial charge < -0.3 is 20.9 Å². The molecule has 3 heterocycles. The number of dihydropyridines is 1. The molecule has 0 bridgehead atoms. The highest BCUT2D eigenvalue weighted by atomic mass is 19.1. The Morgan fingerprint density at radius 2 is 1.83 bits per heavy atom. The molecule has 120 valence electrons. The fraction of sp³-hybridized carbons (Fsp3) is 0.158. The number of halogens is 1. The SMILES string of the molecule is Fc1ccc2c(c1)CN2C1NC=CC=C1C1Nc2ccccc2N1. The lowest BCUT2D eigenvalue weighted by molar-refractivity contribution is 0.544. The first-order chi connectivity index (χ1) is 11.8. The van der Waals surface area contributed by atoms with Crippen molar-refractivity contribution < 1.29 is 4.39 Å². The molecule has 1 atom stereocenters. The molecule has 5 rings (SSSR count). The number of hydrogen-bond acceptors (Lipinski definition) is 4. The van der Waals surface area contributed by atoms with Crippen molar-refractivity contribution in [1.82, 2.24) is 5.32 Å². The highest BCUT2D eigenvalue weighted by Gasteiger charge is 2.36. The van der Waals surface area contributed by atoms with E-state index in [9.17, 15) is 4.39 Å². The average Bonchev–Trinajstić information content (AvgIpc) is 3.01. The summed E-state index contributed by atoms with van der Waals surface area (Å²) >= 11 is 0. The molecule has 3 aliphatic heterocycles. The number of para-hydroxylation sites is 2. The molecule has 4 nitrogen and oxygen atoms in total. The second kappa shape index (κ2) is 5.03. The molecule has 0 aromatic heterocycles. The lowest BCUT2D eigenvalue weighted by Crippen LogP contribution is -2.53. The molecule has 0 saturated carbocycles. The van der Waals surface area contributed by atoms with Gasteiger partial charge >= 0.3 is 0 Å². The van der Waals surface area contributed by atoms with E-state index in [0.717, 1.165) is 29.2 Å². The van der Waals surface area contributed by atoms with Crippen molar-refractivity contribution in [1.29, 1.82) is 0 Å². The van der Waals surface area contributed by atoms with Crippen LogP contribution in [0.1, 0.15) is 5.56 Å². The van der Waals surface area contributed by atoms with Gasteiger partial charge in [0.1, 0.15) is 18.1 Å². The van der Waals surface area contributed by atoms with Crippen LogP contribution >= 0.6 is 0 Å². The van der Waals surface area contributed by atoms with Gasteiger partial charge in [-0.05, 0) is 48.2 Å². The van der Waals surface area contributed by atoms with Gasteiger partial charge in [0.2, 0.25) is 0 Å². The van der Waals surface area contributed by atoms with Crippen molar-refractivity contribution in [2.24, 2.45) is 0 Å². The fourth-order valence-electron chi connectivity index (χ4n) is 3.63. The topological polar surface area (TPSA) is 39.3 Å². The molecule has 3 N–H and O–H groups in total. The van der Waals surface area contributed by atoms with E-state index in [1.807, 2.05) is 30.5 Å². The van der Waals surface area contributed by atoms with Gasteiger partial charge in [0, 0.05) is 17.8 Å². The molecule has 0 radical (unpaired) electrons. The summed E-state index contributed by atoms with van der Waals surface area (Å²) in [7, 11) is 0. The molecule has 2 aromatic rings. The third-order valence-corrected chi connectivity index (χ3v) is 4.82. The van der Waals surface area contributed by atoms with Gasteiger partial charge in [0.15, 0.2) is 0 Å². The molecule has 0 fully saturated rings. The van der Waals surface area contributed by atoms with Gasteiger partial charge in [-0.3, -0.25) is 0 Å². The predicted molar refractivity (Wildman–Crippen MR) is 94.2 cm³/mol. The van der Waals surface area contributed by atoms with E-state index in [0.29, 0.717) is 0 Å². The van der Waals surface area contributed by atoms with Gasteiger partial charge in [-0.25, -0.2) is 4.39 Å². The zero-order valence-electron chi connectivity index (χ0n) is 13.0. The Bertz CT molecular complexity index is 848. The standard InChI is InChI=1S/C19H17FN4/c20-13-7-8-17-12(10-13)11-24(17)19-14(4-3-9-21-19)18-22-15-5-1-2-6-16(15)23-18/h1-10,18-19,21-23H,11H2. The Kier molecular flexibility index (Phi) is 2.82. The van der Waals surface area contributed by atoms with E-state index in [1.165, 1.54) is 11.6 Å². The summed E-state index contributed by atoms with van der Waals surface area (Å²) in [5.41, 5.74) is 5.58. The first kappa shape index (κ1) is 13.5. The van der Waals surface area contributed by atoms with E-state index < -0.39 is 0 Å². The summed E-state index contributed by atoms with van der Waals surface area (Å²) in [6, 6.07) is 13.2. The maximum Gasteiger partial charge on any atom is 0.125 e. The Balaban J connectivity index is 1.43. The third kappa shape index (κ3) is 1.98. The Labute approximate surface area is 139 Å². The fourth-order valence-corrected chi connectivity index (χ4v) is 3.63. The maximum absolute atomic E-state index is 13.3. The van der Waals surface area contributed by atoms with Crippen molar-refractivity contribution in [2.75, 3.05) is 15.5 Å². The lowest BCUT2D eigenvalue weighted by Gasteiger charge is -2.44. The third-order valence-electron chi connectivity index (χ3n) is 4.82. The Morgan fingerprint density at radius 3 is 2.58 bits per heavy atom. The van der Waals surface area contributed by atoms with Crippen molar-refractivity contribution >= 4 is 17.1 Å². The molecular formula is C19H17FN4. The molecular weight excluding hydrogens is 303 g/mol. The number of rotatable bonds is 2. The number of nitrogens with one attached hydrogen (secondary N) is 3. The second-order valence-electron chi connectivity index (χ2n) is 6.26. The van der Waals surface area contributed by atoms with Gasteiger partial charge in [-0.1, -0.05) is 18.2 Å². The summed E-state index contributed by atoms with van der Waals surface area (Å²) in [5.74, 6) is -0.171. The summed E-state index contributed by atoms with van der Waals surface area (Å²) in [5, 5.41) is 10.5. The average molecular weight is 320 g/mol. The number of allylic oxidation sites excluding steroid dienone is 2. The summed E-state index contributed by atoms with van der Waals surface area (Å²) in [6.07, 6.45) is 6.20. The highest BCUT2D eigenvalue weighted by molar-refractivity contribution is 5.76. The van der Waals surface area contributed by atoms with Crippen LogP contribution in [0.2, 0.25) is 0 Å². The Morgan fingerprint density at radius 1 is 1.04 bits per heavy atom. The Hall–Kier alpha value is -2.95. The van der Waals surface area contributed by atoms with Crippen LogP contribution in [0.15, 0.2) is 66.4 Å². The van der Waals surface area contributed by atoms with E-state index in [1.54, 1.807) is 6.07 Å². The van der Waals surface area contributed by atoms with Crippen LogP contribution in [0.4, 0.5) is 21.5 Å². The zero-order chi connectivity index (χ0) is 16.1. The van der Waals surface area contributed by atoms with Crippen LogP contribution in [0.25, 0.3) is 0 Å². The monoisotopic (exact) mass is 320 g/mol. The molecule has 0 spiro atoms. The summed E-state index contributed by atoms with van der Waals surface area (Å²) < 4.78 is 13.3. The number of nitrogens with zero attached hydrogens (tertiary/aromatic N) is 1. The van der Waals surface area contributed by atoms with Gasteiger partial charge in [-0.15, -0.1) is 0 Å². The summed E-state index contributed by atoms with van der Waals surface area (Å²) in [6.45, 7) is 0.746. The van der Waals surface area contributed by atoms with Crippen molar-refractivity contribution in [3.8, 4) is 0 Å². The normalized spacial score (nSPS) is 21.0. The molecule has 0 saturated heterocycles. The second-order valence-corrected chi connectivity index (χ2v) is 6.26. The minimum atomic E-state index is -0.171. The quantitative estimate of drug-likeness (QED) is 0.793.